The van der Waals surface area contributed by atoms with Gasteiger partial charge < -0.3 is 9.84 Å². The van der Waals surface area contributed by atoms with Gasteiger partial charge in [0.15, 0.2) is 4.80 Å². The van der Waals surface area contributed by atoms with Crippen molar-refractivity contribution in [3.63, 3.8) is 0 Å². The molecule has 1 atom stereocenters. The number of aromatic nitrogens is 1. The molecule has 3 aromatic carbocycles. The van der Waals surface area contributed by atoms with E-state index in [-0.39, 0.29) is 22.4 Å². The van der Waals surface area contributed by atoms with E-state index >= 15 is 0 Å². The summed E-state index contributed by atoms with van der Waals surface area (Å²) in [7, 11) is 1.66. The number of benzene rings is 3. The molecule has 0 radical (unpaired) electrons. The van der Waals surface area contributed by atoms with E-state index in [4.69, 9.17) is 9.73 Å². The van der Waals surface area contributed by atoms with Crippen LogP contribution in [0.15, 0.2) is 76.0 Å². The van der Waals surface area contributed by atoms with Crippen LogP contribution in [0.1, 0.15) is 87.4 Å². The third kappa shape index (κ3) is 4.82. The second-order valence-electron chi connectivity index (χ2n) is 13.4. The molecular weight excluding hydrogens is 540 g/mol. The van der Waals surface area contributed by atoms with Gasteiger partial charge in [0.2, 0.25) is 0 Å². The molecule has 0 saturated heterocycles. The lowest BCUT2D eigenvalue weighted by atomic mass is 9.78. The normalized spacial score (nSPS) is 16.9. The largest absolute Gasteiger partial charge is 0.507 e. The van der Waals surface area contributed by atoms with Crippen LogP contribution in [0.4, 0.5) is 0 Å². The smallest absolute Gasteiger partial charge is 0.271 e. The molecule has 1 aliphatic carbocycles. The molecule has 0 fully saturated rings. The lowest BCUT2D eigenvalue weighted by Gasteiger charge is -2.30. The Morgan fingerprint density at radius 1 is 0.952 bits per heavy atom. The number of aromatic hydroxyl groups is 1. The summed E-state index contributed by atoms with van der Waals surface area (Å²) in [6, 6.07) is 20.3. The summed E-state index contributed by atoms with van der Waals surface area (Å²) in [6.45, 7) is 12.6. The van der Waals surface area contributed by atoms with E-state index in [2.05, 4.69) is 77.9 Å². The van der Waals surface area contributed by atoms with Gasteiger partial charge in [0.1, 0.15) is 11.5 Å². The van der Waals surface area contributed by atoms with E-state index in [0.717, 1.165) is 52.1 Å². The number of methoxy groups -OCH3 is 1. The third-order valence-corrected chi connectivity index (χ3v) is 9.33. The summed E-state index contributed by atoms with van der Waals surface area (Å²) in [5.41, 5.74) is 7.72. The summed E-state index contributed by atoms with van der Waals surface area (Å²) >= 11 is 1.43. The molecule has 6 heteroatoms. The van der Waals surface area contributed by atoms with Crippen LogP contribution in [0.3, 0.4) is 0 Å². The van der Waals surface area contributed by atoms with Crippen LogP contribution in [-0.2, 0) is 17.3 Å². The Balaban J connectivity index is 1.60. The first-order valence-electron chi connectivity index (χ1n) is 14.5. The number of allylic oxidation sites excluding steroid dienone is 1. The number of nitrogens with zero attached hydrogens (tertiary/aromatic N) is 2. The number of hydrogen-bond acceptors (Lipinski definition) is 5. The molecule has 42 heavy (non-hydrogen) atoms. The first-order chi connectivity index (χ1) is 19.9. The second kappa shape index (κ2) is 10.1. The zero-order valence-electron chi connectivity index (χ0n) is 25.4. The van der Waals surface area contributed by atoms with Gasteiger partial charge in [-0.25, -0.2) is 4.99 Å². The summed E-state index contributed by atoms with van der Waals surface area (Å²) in [4.78, 5) is 20.1. The van der Waals surface area contributed by atoms with Crippen molar-refractivity contribution in [1.82, 2.24) is 4.57 Å². The van der Waals surface area contributed by atoms with Gasteiger partial charge in [0.05, 0.1) is 23.4 Å². The Bertz CT molecular complexity index is 1880. The number of hydrogen-bond donors (Lipinski definition) is 1. The first kappa shape index (κ1) is 28.2. The third-order valence-electron chi connectivity index (χ3n) is 8.35. The highest BCUT2D eigenvalue weighted by atomic mass is 32.1. The predicted octanol–water partition coefficient (Wildman–Crippen LogP) is 6.63. The molecule has 0 amide bonds. The van der Waals surface area contributed by atoms with Crippen molar-refractivity contribution in [3.05, 3.63) is 119 Å². The van der Waals surface area contributed by atoms with Crippen molar-refractivity contribution in [1.29, 1.82) is 0 Å². The lowest BCUT2D eigenvalue weighted by molar-refractivity contribution is 0.414. The molecule has 2 heterocycles. The van der Waals surface area contributed by atoms with Gasteiger partial charge in [-0.2, -0.15) is 0 Å². The van der Waals surface area contributed by atoms with Crippen molar-refractivity contribution in [2.75, 3.05) is 7.11 Å². The fraction of sp³-hybridized carbons (Fsp3) is 0.333. The molecule has 2 aliphatic rings. The van der Waals surface area contributed by atoms with Gasteiger partial charge in [-0.15, -0.1) is 0 Å². The number of thiazole rings is 1. The van der Waals surface area contributed by atoms with Crippen LogP contribution in [0.25, 0.3) is 11.8 Å². The molecule has 216 valence electrons. The number of aryl methyl sites for hydroxylation is 1. The predicted molar refractivity (Wildman–Crippen MR) is 171 cm³/mol. The van der Waals surface area contributed by atoms with Crippen molar-refractivity contribution < 1.29 is 9.84 Å². The zero-order chi connectivity index (χ0) is 30.0. The SMILES string of the molecule is COc1ccc([C@@H]2C3=C(N=c4s/c(=C\c5cc(C(C)(C)C)c(O)c(C(C)(C)C)c5)c(=O)n42)c2ccccc2CC3)cc1. The summed E-state index contributed by atoms with van der Waals surface area (Å²) < 4.78 is 7.94. The minimum absolute atomic E-state index is 0.0485. The maximum Gasteiger partial charge on any atom is 0.271 e. The van der Waals surface area contributed by atoms with Gasteiger partial charge in [-0.3, -0.25) is 9.36 Å². The Morgan fingerprint density at radius 3 is 2.21 bits per heavy atom. The van der Waals surface area contributed by atoms with Crippen LogP contribution in [0.5, 0.6) is 11.5 Å². The Hall–Kier alpha value is -3.90. The fourth-order valence-corrected chi connectivity index (χ4v) is 7.14. The van der Waals surface area contributed by atoms with E-state index in [1.165, 1.54) is 22.5 Å². The van der Waals surface area contributed by atoms with Crippen molar-refractivity contribution in [2.24, 2.45) is 4.99 Å². The molecule has 5 nitrogen and oxygen atoms in total. The van der Waals surface area contributed by atoms with Gasteiger partial charge in [-0.05, 0) is 76.3 Å². The molecule has 6 rings (SSSR count). The molecule has 1 aliphatic heterocycles. The van der Waals surface area contributed by atoms with Gasteiger partial charge >= 0.3 is 0 Å². The molecule has 4 aromatic rings. The molecule has 0 unspecified atom stereocenters. The van der Waals surface area contributed by atoms with E-state index in [1.54, 1.807) is 7.11 Å². The monoisotopic (exact) mass is 578 g/mol. The quantitative estimate of drug-likeness (QED) is 0.297. The maximum absolute atomic E-state index is 14.3. The lowest BCUT2D eigenvalue weighted by Crippen LogP contribution is -2.38. The Kier molecular flexibility index (Phi) is 6.81. The topological polar surface area (TPSA) is 63.8 Å². The van der Waals surface area contributed by atoms with Crippen LogP contribution >= 0.6 is 11.3 Å². The molecule has 0 saturated carbocycles. The van der Waals surface area contributed by atoms with Crippen LogP contribution in [-0.4, -0.2) is 16.8 Å². The number of phenolic OH excluding ortho intramolecular Hbond substituents is 1. The minimum Gasteiger partial charge on any atom is -0.507 e. The average Bonchev–Trinajstić information content (AvgIpc) is 3.25. The average molecular weight is 579 g/mol. The van der Waals surface area contributed by atoms with E-state index in [0.29, 0.717) is 15.1 Å². The second-order valence-corrected chi connectivity index (χ2v) is 14.4. The number of ether oxygens (including phenoxy) is 1. The van der Waals surface area contributed by atoms with E-state index < -0.39 is 0 Å². The summed E-state index contributed by atoms with van der Waals surface area (Å²) in [6.07, 6.45) is 3.73. The van der Waals surface area contributed by atoms with E-state index in [1.807, 2.05) is 34.9 Å². The molecule has 0 bridgehead atoms. The number of rotatable bonds is 3. The minimum atomic E-state index is -0.261. The van der Waals surface area contributed by atoms with Crippen LogP contribution in [0, 0.1) is 0 Å². The zero-order valence-corrected chi connectivity index (χ0v) is 26.2. The van der Waals surface area contributed by atoms with Crippen LogP contribution in [0.2, 0.25) is 0 Å². The molecule has 1 aromatic heterocycles. The highest BCUT2D eigenvalue weighted by molar-refractivity contribution is 7.07. The highest BCUT2D eigenvalue weighted by Crippen LogP contribution is 2.42. The van der Waals surface area contributed by atoms with Crippen molar-refractivity contribution in [2.45, 2.75) is 71.3 Å². The number of phenols is 1. The Morgan fingerprint density at radius 2 is 1.60 bits per heavy atom. The first-order valence-corrected chi connectivity index (χ1v) is 15.3. The Labute approximate surface area is 251 Å². The fourth-order valence-electron chi connectivity index (χ4n) is 6.14. The van der Waals surface area contributed by atoms with Gasteiger partial charge in [0.25, 0.3) is 5.56 Å². The van der Waals surface area contributed by atoms with Gasteiger partial charge in [-0.1, -0.05) is 89.3 Å². The van der Waals surface area contributed by atoms with Crippen LogP contribution < -0.4 is 19.6 Å². The maximum atomic E-state index is 14.3. The summed E-state index contributed by atoms with van der Waals surface area (Å²) in [5, 5.41) is 11.2. The molecule has 0 spiro atoms. The summed E-state index contributed by atoms with van der Waals surface area (Å²) in [5.74, 6) is 1.12. The number of fused-ring (bicyclic) bond motifs is 3. The highest BCUT2D eigenvalue weighted by Gasteiger charge is 2.33. The van der Waals surface area contributed by atoms with Crippen molar-refractivity contribution >= 4 is 23.1 Å². The molecular formula is C36H38N2O3S. The van der Waals surface area contributed by atoms with E-state index in [9.17, 15) is 9.90 Å². The standard InChI is InChI=1S/C36H38N2O3S/c1-35(2,3)27-18-21(19-28(32(27)39)36(4,5)6)20-29-33(40)38-31(23-12-15-24(41-7)16-13-23)26-17-14-22-10-8-9-11-25(22)30(26)37-34(38)42-29/h8-13,15-16,18-20,31,39H,14,17H2,1-7H3/b29-20-/t31-/m1/s1. The van der Waals surface area contributed by atoms with Crippen molar-refractivity contribution in [3.8, 4) is 11.5 Å². The van der Waals surface area contributed by atoms with Gasteiger partial charge in [0, 0.05) is 16.7 Å². The molecule has 1 N–H and O–H groups in total.